The molecule has 0 saturated heterocycles. The standard InChI is InChI=1S/C6H12O4.HN/c1-9-4-5-10-3-2-6(7)8;/h2-5H2,1H3,(H,7,8);1H. The van der Waals surface area contributed by atoms with Crippen LogP contribution in [0.5, 0.6) is 0 Å². The first-order valence-electron chi connectivity index (χ1n) is 3.06. The number of carboxylic acids is 1. The van der Waals surface area contributed by atoms with Crippen molar-refractivity contribution in [3.8, 4) is 0 Å². The van der Waals surface area contributed by atoms with Gasteiger partial charge >= 0.3 is 5.97 Å². The van der Waals surface area contributed by atoms with Gasteiger partial charge in [0.15, 0.2) is 0 Å². The molecule has 0 bridgehead atoms. The Balaban J connectivity index is 0. The van der Waals surface area contributed by atoms with Crippen LogP contribution in [-0.4, -0.2) is 38.0 Å². The van der Waals surface area contributed by atoms with Gasteiger partial charge in [-0.05, 0) is 0 Å². The van der Waals surface area contributed by atoms with Crippen molar-refractivity contribution in [2.45, 2.75) is 6.42 Å². The van der Waals surface area contributed by atoms with Crippen molar-refractivity contribution >= 4 is 5.97 Å². The Morgan fingerprint density at radius 3 is 2.45 bits per heavy atom. The van der Waals surface area contributed by atoms with Crippen LogP contribution in [0.1, 0.15) is 6.42 Å². The van der Waals surface area contributed by atoms with Crippen molar-refractivity contribution in [3.63, 3.8) is 0 Å². The first kappa shape index (κ1) is 13.0. The van der Waals surface area contributed by atoms with E-state index >= 15 is 0 Å². The fraction of sp³-hybridized carbons (Fsp3) is 0.833. The summed E-state index contributed by atoms with van der Waals surface area (Å²) in [6.45, 7) is 1.24. The molecule has 5 nitrogen and oxygen atoms in total. The zero-order valence-corrected chi connectivity index (χ0v) is 6.50. The summed E-state index contributed by atoms with van der Waals surface area (Å²) >= 11 is 0. The van der Waals surface area contributed by atoms with Gasteiger partial charge in [-0.15, -0.1) is 0 Å². The number of nitrogens with one attached hydrogen (secondary N) is 1. The van der Waals surface area contributed by atoms with E-state index in [0.29, 0.717) is 13.2 Å². The first-order chi connectivity index (χ1) is 4.77. The number of methoxy groups -OCH3 is 1. The van der Waals surface area contributed by atoms with Crippen LogP contribution in [0.15, 0.2) is 0 Å². The van der Waals surface area contributed by atoms with Gasteiger partial charge in [0, 0.05) is 7.11 Å². The van der Waals surface area contributed by atoms with Crippen molar-refractivity contribution in [2.75, 3.05) is 26.9 Å². The Morgan fingerprint density at radius 2 is 2.00 bits per heavy atom. The van der Waals surface area contributed by atoms with Gasteiger partial charge in [0.2, 0.25) is 0 Å². The van der Waals surface area contributed by atoms with E-state index in [9.17, 15) is 4.79 Å². The lowest BCUT2D eigenvalue weighted by molar-refractivity contribution is -0.138. The van der Waals surface area contributed by atoms with E-state index < -0.39 is 5.97 Å². The van der Waals surface area contributed by atoms with E-state index in [2.05, 4.69) is 4.74 Å². The minimum Gasteiger partial charge on any atom is -0.481 e. The number of aliphatic carboxylic acids is 1. The molecule has 0 aliphatic carbocycles. The Kier molecular flexibility index (Phi) is 11.0. The molecule has 0 aromatic rings. The fourth-order valence-corrected chi connectivity index (χ4v) is 0.404. The van der Waals surface area contributed by atoms with E-state index in [4.69, 9.17) is 9.84 Å². The molecule has 0 saturated carbocycles. The second kappa shape index (κ2) is 9.35. The largest absolute Gasteiger partial charge is 0.481 e. The van der Waals surface area contributed by atoms with Crippen molar-refractivity contribution < 1.29 is 19.4 Å². The van der Waals surface area contributed by atoms with Gasteiger partial charge in [0.25, 0.3) is 0 Å². The molecule has 2 N–H and O–H groups in total. The second-order valence-corrected chi connectivity index (χ2v) is 1.75. The van der Waals surface area contributed by atoms with Gasteiger partial charge in [-0.25, -0.2) is 0 Å². The SMILES string of the molecule is COCCOCCC(=O)O.[NH]. The molecule has 0 aliphatic rings. The summed E-state index contributed by atoms with van der Waals surface area (Å²) in [6, 6.07) is 0. The average Bonchev–Trinajstić information content (AvgIpc) is 1.87. The molecule has 0 spiro atoms. The molecule has 0 unspecified atom stereocenters. The second-order valence-electron chi connectivity index (χ2n) is 1.75. The molecule has 0 aromatic carbocycles. The van der Waals surface area contributed by atoms with E-state index in [1.54, 1.807) is 7.11 Å². The summed E-state index contributed by atoms with van der Waals surface area (Å²) in [5, 5.41) is 8.16. The third-order valence-corrected chi connectivity index (χ3v) is 0.892. The Labute approximate surface area is 65.9 Å². The zero-order valence-electron chi connectivity index (χ0n) is 6.50. The molecule has 11 heavy (non-hydrogen) atoms. The van der Waals surface area contributed by atoms with Gasteiger partial charge in [-0.2, -0.15) is 6.15 Å². The number of ether oxygens (including phenoxy) is 2. The molecular weight excluding hydrogens is 150 g/mol. The molecule has 5 heteroatoms. The van der Waals surface area contributed by atoms with E-state index in [0.717, 1.165) is 0 Å². The Bertz CT molecular complexity index is 96.6. The molecular formula is C6H13NO4. The maximum atomic E-state index is 9.92. The molecule has 0 aliphatic heterocycles. The number of hydrogen-bond donors (Lipinski definition) is 1. The van der Waals surface area contributed by atoms with Crippen LogP contribution in [0.2, 0.25) is 0 Å². The number of hydrogen-bond acceptors (Lipinski definition) is 3. The van der Waals surface area contributed by atoms with Crippen molar-refractivity contribution in [1.82, 2.24) is 6.15 Å². The lowest BCUT2D eigenvalue weighted by Crippen LogP contribution is -2.06. The van der Waals surface area contributed by atoms with Crippen molar-refractivity contribution in [2.24, 2.45) is 0 Å². The van der Waals surface area contributed by atoms with Crippen molar-refractivity contribution in [3.05, 3.63) is 0 Å². The fourth-order valence-electron chi connectivity index (χ4n) is 0.404. The summed E-state index contributed by atoms with van der Waals surface area (Å²) in [4.78, 5) is 9.92. The van der Waals surface area contributed by atoms with Crippen LogP contribution >= 0.6 is 0 Å². The van der Waals surface area contributed by atoms with Gasteiger partial charge in [0.05, 0.1) is 26.2 Å². The van der Waals surface area contributed by atoms with Crippen LogP contribution in [0.25, 0.3) is 0 Å². The monoisotopic (exact) mass is 163 g/mol. The van der Waals surface area contributed by atoms with E-state index in [-0.39, 0.29) is 19.2 Å². The third-order valence-electron chi connectivity index (χ3n) is 0.892. The Morgan fingerprint density at radius 1 is 1.36 bits per heavy atom. The molecule has 0 fully saturated rings. The summed E-state index contributed by atoms with van der Waals surface area (Å²) in [5.41, 5.74) is 0. The minimum absolute atomic E-state index is 0. The van der Waals surface area contributed by atoms with Gasteiger partial charge < -0.3 is 14.6 Å². The zero-order chi connectivity index (χ0) is 7.82. The van der Waals surface area contributed by atoms with Gasteiger partial charge in [-0.1, -0.05) is 0 Å². The molecule has 0 heterocycles. The molecule has 0 amide bonds. The molecule has 0 rings (SSSR count). The summed E-state index contributed by atoms with van der Waals surface area (Å²) in [6.07, 6.45) is 0.0592. The summed E-state index contributed by atoms with van der Waals surface area (Å²) in [7, 11) is 1.57. The molecule has 0 atom stereocenters. The predicted octanol–water partition coefficient (Wildman–Crippen LogP) is -0.142. The normalized spacial score (nSPS) is 8.82. The smallest absolute Gasteiger partial charge is 0.305 e. The van der Waals surface area contributed by atoms with Crippen molar-refractivity contribution in [1.29, 1.82) is 0 Å². The van der Waals surface area contributed by atoms with Crippen LogP contribution in [0.4, 0.5) is 0 Å². The summed E-state index contributed by atoms with van der Waals surface area (Å²) in [5.74, 6) is -0.836. The maximum absolute atomic E-state index is 9.92. The highest BCUT2D eigenvalue weighted by molar-refractivity contribution is 5.66. The van der Waals surface area contributed by atoms with Crippen LogP contribution < -0.4 is 6.15 Å². The van der Waals surface area contributed by atoms with E-state index in [1.165, 1.54) is 0 Å². The lowest BCUT2D eigenvalue weighted by Gasteiger charge is -1.99. The van der Waals surface area contributed by atoms with Crippen LogP contribution in [-0.2, 0) is 14.3 Å². The average molecular weight is 163 g/mol. The molecule has 66 valence electrons. The van der Waals surface area contributed by atoms with Crippen LogP contribution in [0, 0.1) is 0 Å². The highest BCUT2D eigenvalue weighted by Gasteiger charge is 1.94. The highest BCUT2D eigenvalue weighted by atomic mass is 16.5. The predicted molar refractivity (Wildman–Crippen MR) is 38.0 cm³/mol. The topological polar surface area (TPSA) is 87.8 Å². The molecule has 2 radical (unpaired) electrons. The van der Waals surface area contributed by atoms with Gasteiger partial charge in [0.1, 0.15) is 0 Å². The number of carboxylic acid groups (broad SMARTS) is 1. The Hall–Kier alpha value is -0.650. The quantitative estimate of drug-likeness (QED) is 0.552. The minimum atomic E-state index is -0.836. The number of carbonyl (C=O) groups is 1. The first-order valence-corrected chi connectivity index (χ1v) is 3.06. The summed E-state index contributed by atoms with van der Waals surface area (Å²) < 4.78 is 9.56. The van der Waals surface area contributed by atoms with E-state index in [1.807, 2.05) is 0 Å². The third kappa shape index (κ3) is 12.5. The molecule has 0 aromatic heterocycles. The van der Waals surface area contributed by atoms with Crippen LogP contribution in [0.3, 0.4) is 0 Å². The number of rotatable bonds is 6. The maximum Gasteiger partial charge on any atom is 0.305 e. The highest BCUT2D eigenvalue weighted by Crippen LogP contribution is 1.81. The lowest BCUT2D eigenvalue weighted by atomic mass is 10.5. The van der Waals surface area contributed by atoms with Gasteiger partial charge in [-0.3, -0.25) is 4.79 Å².